The molecule has 1 aliphatic rings. The standard InChI is InChI=1S/C10H17N5O3S2/c1-7(16)13-8-14-15-9(19-8)20(17,18)12-6-10(2-3-10)4-5-11/h12H,2-6,11H2,1H3,(H,13,14,16). The molecule has 4 N–H and O–H groups in total. The predicted octanol–water partition coefficient (Wildman–Crippen LogP) is -0.0962. The number of carbonyl (C=O) groups excluding carboxylic acids is 1. The number of nitrogens with one attached hydrogen (secondary N) is 2. The van der Waals surface area contributed by atoms with Crippen LogP contribution in [0.25, 0.3) is 0 Å². The molecule has 1 heterocycles. The third kappa shape index (κ3) is 3.72. The van der Waals surface area contributed by atoms with Crippen LogP contribution in [-0.4, -0.2) is 37.6 Å². The Bertz CT molecular complexity index is 594. The monoisotopic (exact) mass is 319 g/mol. The van der Waals surface area contributed by atoms with Gasteiger partial charge in [0.2, 0.25) is 15.4 Å². The highest BCUT2D eigenvalue weighted by molar-refractivity contribution is 7.91. The van der Waals surface area contributed by atoms with E-state index in [1.807, 2.05) is 0 Å². The van der Waals surface area contributed by atoms with Crippen LogP contribution in [0.3, 0.4) is 0 Å². The Hall–Kier alpha value is -1.10. The fraction of sp³-hybridized carbons (Fsp3) is 0.700. The number of sulfonamides is 1. The largest absolute Gasteiger partial charge is 0.330 e. The van der Waals surface area contributed by atoms with Crippen molar-refractivity contribution in [1.29, 1.82) is 0 Å². The summed E-state index contributed by atoms with van der Waals surface area (Å²) in [5.41, 5.74) is 5.52. The van der Waals surface area contributed by atoms with Crippen LogP contribution in [0.15, 0.2) is 4.34 Å². The summed E-state index contributed by atoms with van der Waals surface area (Å²) < 4.78 is 26.5. The molecule has 1 aromatic heterocycles. The fourth-order valence-corrected chi connectivity index (χ4v) is 3.97. The number of carbonyl (C=O) groups is 1. The minimum Gasteiger partial charge on any atom is -0.330 e. The van der Waals surface area contributed by atoms with Crippen molar-refractivity contribution in [3.63, 3.8) is 0 Å². The van der Waals surface area contributed by atoms with Gasteiger partial charge in [0, 0.05) is 13.5 Å². The van der Waals surface area contributed by atoms with E-state index in [2.05, 4.69) is 20.2 Å². The number of anilines is 1. The van der Waals surface area contributed by atoms with E-state index < -0.39 is 10.0 Å². The molecule has 1 fully saturated rings. The van der Waals surface area contributed by atoms with Gasteiger partial charge in [-0.25, -0.2) is 13.1 Å². The van der Waals surface area contributed by atoms with Gasteiger partial charge in [0.15, 0.2) is 0 Å². The summed E-state index contributed by atoms with van der Waals surface area (Å²) in [6.07, 6.45) is 2.78. The zero-order chi connectivity index (χ0) is 14.8. The van der Waals surface area contributed by atoms with Crippen LogP contribution in [-0.2, 0) is 14.8 Å². The van der Waals surface area contributed by atoms with Crippen molar-refractivity contribution < 1.29 is 13.2 Å². The highest BCUT2D eigenvalue weighted by Gasteiger charge is 2.42. The molecule has 0 aliphatic heterocycles. The number of nitrogens with two attached hydrogens (primary N) is 1. The Kier molecular flexibility index (Phi) is 4.37. The molecule has 0 spiro atoms. The molecule has 20 heavy (non-hydrogen) atoms. The number of aromatic nitrogens is 2. The average molecular weight is 319 g/mol. The second-order valence-corrected chi connectivity index (χ2v) is 7.84. The lowest BCUT2D eigenvalue weighted by molar-refractivity contribution is -0.114. The number of hydrogen-bond donors (Lipinski definition) is 3. The molecule has 2 rings (SSSR count). The van der Waals surface area contributed by atoms with Gasteiger partial charge in [-0.05, 0) is 31.2 Å². The lowest BCUT2D eigenvalue weighted by atomic mass is 10.0. The minimum atomic E-state index is -3.68. The van der Waals surface area contributed by atoms with E-state index in [0.29, 0.717) is 13.1 Å². The SMILES string of the molecule is CC(=O)Nc1nnc(S(=O)(=O)NCC2(CCN)CC2)s1. The van der Waals surface area contributed by atoms with Crippen LogP contribution in [0.1, 0.15) is 26.2 Å². The first-order chi connectivity index (χ1) is 9.37. The lowest BCUT2D eigenvalue weighted by Gasteiger charge is -2.13. The van der Waals surface area contributed by atoms with Crippen molar-refractivity contribution in [3.8, 4) is 0 Å². The van der Waals surface area contributed by atoms with Crippen LogP contribution < -0.4 is 15.8 Å². The summed E-state index contributed by atoms with van der Waals surface area (Å²) >= 11 is 0.823. The van der Waals surface area contributed by atoms with E-state index in [1.54, 1.807) is 0 Å². The molecule has 1 amide bonds. The maximum Gasteiger partial charge on any atom is 0.269 e. The third-order valence-electron chi connectivity index (χ3n) is 3.19. The maximum atomic E-state index is 12.1. The summed E-state index contributed by atoms with van der Waals surface area (Å²) in [6, 6.07) is 0. The molecule has 112 valence electrons. The maximum absolute atomic E-state index is 12.1. The Labute approximate surface area is 121 Å². The Morgan fingerprint density at radius 3 is 2.70 bits per heavy atom. The van der Waals surface area contributed by atoms with E-state index in [0.717, 1.165) is 30.6 Å². The zero-order valence-corrected chi connectivity index (χ0v) is 12.7. The highest BCUT2D eigenvalue weighted by atomic mass is 32.2. The minimum absolute atomic E-state index is 0.00692. The second-order valence-electron chi connectivity index (χ2n) is 4.92. The van der Waals surface area contributed by atoms with E-state index in [1.165, 1.54) is 6.92 Å². The topological polar surface area (TPSA) is 127 Å². The van der Waals surface area contributed by atoms with Gasteiger partial charge >= 0.3 is 0 Å². The van der Waals surface area contributed by atoms with Crippen molar-refractivity contribution in [1.82, 2.24) is 14.9 Å². The molecule has 0 unspecified atom stereocenters. The smallest absolute Gasteiger partial charge is 0.269 e. The van der Waals surface area contributed by atoms with Gasteiger partial charge < -0.3 is 11.1 Å². The van der Waals surface area contributed by atoms with Crippen LogP contribution in [0.5, 0.6) is 0 Å². The van der Waals surface area contributed by atoms with Gasteiger partial charge in [-0.1, -0.05) is 11.3 Å². The first-order valence-electron chi connectivity index (χ1n) is 6.18. The van der Waals surface area contributed by atoms with Crippen molar-refractivity contribution in [2.75, 3.05) is 18.4 Å². The molecule has 0 atom stereocenters. The van der Waals surface area contributed by atoms with Gasteiger partial charge in [0.05, 0.1) is 0 Å². The second kappa shape index (κ2) is 5.72. The van der Waals surface area contributed by atoms with Gasteiger partial charge in [-0.3, -0.25) is 4.79 Å². The number of rotatable bonds is 7. The highest BCUT2D eigenvalue weighted by Crippen LogP contribution is 2.47. The van der Waals surface area contributed by atoms with Crippen molar-refractivity contribution >= 4 is 32.4 Å². The molecule has 1 aromatic rings. The van der Waals surface area contributed by atoms with Crippen molar-refractivity contribution in [2.24, 2.45) is 11.1 Å². The number of nitrogens with zero attached hydrogens (tertiary/aromatic N) is 2. The van der Waals surface area contributed by atoms with E-state index >= 15 is 0 Å². The Balaban J connectivity index is 1.99. The first kappa shape index (κ1) is 15.3. The molecule has 0 saturated heterocycles. The molecule has 8 nitrogen and oxygen atoms in total. The third-order valence-corrected chi connectivity index (χ3v) is 5.80. The fourth-order valence-electron chi connectivity index (χ4n) is 1.83. The van der Waals surface area contributed by atoms with E-state index in [9.17, 15) is 13.2 Å². The average Bonchev–Trinajstić information content (AvgIpc) is 2.96. The summed E-state index contributed by atoms with van der Waals surface area (Å²) in [5, 5.41) is 9.77. The van der Waals surface area contributed by atoms with E-state index in [4.69, 9.17) is 5.73 Å². The van der Waals surface area contributed by atoms with Crippen LogP contribution in [0.2, 0.25) is 0 Å². The summed E-state index contributed by atoms with van der Waals surface area (Å²) in [6.45, 7) is 2.23. The van der Waals surface area contributed by atoms with Crippen molar-refractivity contribution in [2.45, 2.75) is 30.5 Å². The molecule has 1 aliphatic carbocycles. The lowest BCUT2D eigenvalue weighted by Crippen LogP contribution is -2.31. The Morgan fingerprint density at radius 1 is 1.45 bits per heavy atom. The van der Waals surface area contributed by atoms with Gasteiger partial charge in [0.25, 0.3) is 10.0 Å². The van der Waals surface area contributed by atoms with Gasteiger partial charge in [0.1, 0.15) is 0 Å². The molecule has 0 bridgehead atoms. The summed E-state index contributed by atoms with van der Waals surface area (Å²) in [7, 11) is -3.68. The molecular weight excluding hydrogens is 302 g/mol. The molecule has 10 heteroatoms. The van der Waals surface area contributed by atoms with Crippen molar-refractivity contribution in [3.05, 3.63) is 0 Å². The number of amides is 1. The van der Waals surface area contributed by atoms with Gasteiger partial charge in [-0.2, -0.15) is 0 Å². The van der Waals surface area contributed by atoms with Crippen LogP contribution in [0.4, 0.5) is 5.13 Å². The Morgan fingerprint density at radius 2 is 2.15 bits per heavy atom. The quantitative estimate of drug-likeness (QED) is 0.602. The number of hydrogen-bond acceptors (Lipinski definition) is 7. The first-order valence-corrected chi connectivity index (χ1v) is 8.48. The zero-order valence-electron chi connectivity index (χ0n) is 11.0. The molecule has 0 radical (unpaired) electrons. The normalized spacial score (nSPS) is 16.9. The van der Waals surface area contributed by atoms with Crippen LogP contribution >= 0.6 is 11.3 Å². The molecular formula is C10H17N5O3S2. The van der Waals surface area contributed by atoms with Gasteiger partial charge in [-0.15, -0.1) is 10.2 Å². The molecule has 1 saturated carbocycles. The van der Waals surface area contributed by atoms with E-state index in [-0.39, 0.29) is 20.8 Å². The van der Waals surface area contributed by atoms with Crippen LogP contribution in [0, 0.1) is 5.41 Å². The summed E-state index contributed by atoms with van der Waals surface area (Å²) in [5.74, 6) is -0.321. The molecule has 0 aromatic carbocycles. The predicted molar refractivity (Wildman–Crippen MR) is 74.7 cm³/mol. The summed E-state index contributed by atoms with van der Waals surface area (Å²) in [4.78, 5) is 10.9.